The van der Waals surface area contributed by atoms with Crippen molar-refractivity contribution in [1.82, 2.24) is 0 Å². The molecule has 3 atom stereocenters. The molecule has 2 N–H and O–H groups in total. The molecule has 3 rings (SSSR count). The average Bonchev–Trinajstić information content (AvgIpc) is 3.36. The third-order valence-electron chi connectivity index (χ3n) is 7.51. The molecule has 1 heterocycles. The topological polar surface area (TPSA) is 85.2 Å². The lowest BCUT2D eigenvalue weighted by molar-refractivity contribution is -0.157. The van der Waals surface area contributed by atoms with Crippen LogP contribution in [0.2, 0.25) is 0 Å². The van der Waals surface area contributed by atoms with E-state index < -0.39 is 17.8 Å². The summed E-state index contributed by atoms with van der Waals surface area (Å²) >= 11 is 1.23. The number of hydrogen-bond acceptors (Lipinski definition) is 7. The lowest BCUT2D eigenvalue weighted by atomic mass is 9.72. The maximum Gasteiger partial charge on any atom is 0.417 e. The van der Waals surface area contributed by atoms with E-state index in [1.165, 1.54) is 30.6 Å². The zero-order valence-corrected chi connectivity index (χ0v) is 27.4. The molecule has 2 aromatic carbocycles. The molecule has 0 saturated heterocycles. The van der Waals surface area contributed by atoms with Crippen molar-refractivity contribution in [2.75, 3.05) is 26.9 Å². The zero-order chi connectivity index (χ0) is 32.9. The van der Waals surface area contributed by atoms with E-state index in [1.54, 1.807) is 24.3 Å². The van der Waals surface area contributed by atoms with Crippen molar-refractivity contribution in [3.63, 3.8) is 0 Å². The predicted molar refractivity (Wildman–Crippen MR) is 168 cm³/mol. The Morgan fingerprint density at radius 1 is 0.932 bits per heavy atom. The number of aliphatic hydroxyl groups excluding tert-OH is 2. The zero-order valence-electron chi connectivity index (χ0n) is 26.6. The summed E-state index contributed by atoms with van der Waals surface area (Å²) in [6, 6.07) is 10.9. The van der Waals surface area contributed by atoms with E-state index in [0.29, 0.717) is 29.9 Å². The number of methoxy groups -OCH3 is 1. The van der Waals surface area contributed by atoms with Gasteiger partial charge in [0.15, 0.2) is 0 Å². The number of carbonyl (C=O) groups is 1. The van der Waals surface area contributed by atoms with Crippen molar-refractivity contribution in [3.05, 3.63) is 48.0 Å². The molecule has 6 nitrogen and oxygen atoms in total. The van der Waals surface area contributed by atoms with Crippen LogP contribution in [0, 0.1) is 22.7 Å². The van der Waals surface area contributed by atoms with Crippen LogP contribution in [0.5, 0.6) is 11.5 Å². The van der Waals surface area contributed by atoms with Crippen molar-refractivity contribution >= 4 is 27.4 Å². The number of alkyl halides is 3. The SMILES string of the molecule is COc1ccc(-c2cc3ccc(OCC(CO)CCC(O)COC(=O)C(CC(C)(C)C)C(C)(C)C)cc3s2)c(C(F)(F)F)c1. The number of hydrogen-bond donors (Lipinski definition) is 2. The minimum absolute atomic E-state index is 0.0482. The Labute approximate surface area is 262 Å². The van der Waals surface area contributed by atoms with Crippen molar-refractivity contribution in [2.24, 2.45) is 22.7 Å². The smallest absolute Gasteiger partial charge is 0.417 e. The minimum Gasteiger partial charge on any atom is -0.497 e. The Bertz CT molecular complexity index is 1390. The highest BCUT2D eigenvalue weighted by Crippen LogP contribution is 2.43. The van der Waals surface area contributed by atoms with Gasteiger partial charge in [-0.2, -0.15) is 13.2 Å². The van der Waals surface area contributed by atoms with E-state index >= 15 is 0 Å². The Morgan fingerprint density at radius 3 is 2.20 bits per heavy atom. The third kappa shape index (κ3) is 10.1. The highest BCUT2D eigenvalue weighted by Gasteiger charge is 2.36. The summed E-state index contributed by atoms with van der Waals surface area (Å²) in [5.41, 5.74) is -1.01. The molecule has 0 aliphatic rings. The van der Waals surface area contributed by atoms with Crippen molar-refractivity contribution in [2.45, 2.75) is 73.1 Å². The van der Waals surface area contributed by atoms with Gasteiger partial charge in [-0.25, -0.2) is 0 Å². The summed E-state index contributed by atoms with van der Waals surface area (Å²) in [5, 5.41) is 21.2. The molecule has 10 heteroatoms. The molecule has 44 heavy (non-hydrogen) atoms. The van der Waals surface area contributed by atoms with Crippen LogP contribution < -0.4 is 9.47 Å². The van der Waals surface area contributed by atoms with E-state index in [0.717, 1.165) is 16.2 Å². The predicted octanol–water partition coefficient (Wildman–Crippen LogP) is 8.37. The number of benzene rings is 2. The Balaban J connectivity index is 1.58. The lowest BCUT2D eigenvalue weighted by Crippen LogP contribution is -2.35. The number of carbonyl (C=O) groups excluding carboxylic acids is 1. The second kappa shape index (κ2) is 14.5. The molecular weight excluding hydrogens is 593 g/mol. The fourth-order valence-corrected chi connectivity index (χ4v) is 6.05. The molecule has 0 spiro atoms. The summed E-state index contributed by atoms with van der Waals surface area (Å²) in [6.07, 6.45) is -3.97. The first-order valence-electron chi connectivity index (χ1n) is 14.8. The molecule has 0 saturated carbocycles. The Hall–Kier alpha value is -2.82. The molecule has 0 radical (unpaired) electrons. The Kier molecular flexibility index (Phi) is 11.8. The van der Waals surface area contributed by atoms with Crippen molar-refractivity contribution < 1.29 is 42.4 Å². The fourth-order valence-electron chi connectivity index (χ4n) is 4.92. The first-order valence-corrected chi connectivity index (χ1v) is 15.6. The van der Waals surface area contributed by atoms with Crippen LogP contribution in [0.25, 0.3) is 20.5 Å². The standard InChI is InChI=1S/C34H45F3O6S/c1-32(2,3)17-28(33(4,5)6)31(40)43-20-23(39)10-8-21(18-38)19-42-25-11-9-22-14-30(44-29(22)16-25)26-13-12-24(41-7)15-27(26)34(35,36)37/h9,11-16,21,23,28,38-39H,8,10,17-20H2,1-7H3. The number of fused-ring (bicyclic) bond motifs is 1. The molecule has 244 valence electrons. The molecule has 0 bridgehead atoms. The van der Waals surface area contributed by atoms with E-state index in [4.69, 9.17) is 14.2 Å². The lowest BCUT2D eigenvalue weighted by Gasteiger charge is -2.34. The van der Waals surface area contributed by atoms with Gasteiger partial charge < -0.3 is 24.4 Å². The summed E-state index contributed by atoms with van der Waals surface area (Å²) in [7, 11) is 1.33. The van der Waals surface area contributed by atoms with E-state index in [1.807, 2.05) is 20.8 Å². The van der Waals surface area contributed by atoms with E-state index in [2.05, 4.69) is 20.8 Å². The van der Waals surface area contributed by atoms with Crippen molar-refractivity contribution in [1.29, 1.82) is 0 Å². The maximum absolute atomic E-state index is 13.8. The summed E-state index contributed by atoms with van der Waals surface area (Å²) < 4.78 is 58.5. The second-order valence-electron chi connectivity index (χ2n) is 13.6. The van der Waals surface area contributed by atoms with Crippen LogP contribution in [-0.2, 0) is 15.7 Å². The van der Waals surface area contributed by atoms with Gasteiger partial charge in [0.2, 0.25) is 0 Å². The largest absolute Gasteiger partial charge is 0.497 e. The molecule has 3 aromatic rings. The fraction of sp³-hybridized carbons (Fsp3) is 0.559. The van der Waals surface area contributed by atoms with Gasteiger partial charge in [0.1, 0.15) is 18.1 Å². The van der Waals surface area contributed by atoms with Crippen LogP contribution >= 0.6 is 11.3 Å². The molecular formula is C34H45F3O6S. The normalized spacial score (nSPS) is 14.7. The van der Waals surface area contributed by atoms with Crippen LogP contribution in [0.4, 0.5) is 13.2 Å². The first-order chi connectivity index (χ1) is 20.4. The van der Waals surface area contributed by atoms with Gasteiger partial charge in [0.05, 0.1) is 31.3 Å². The van der Waals surface area contributed by atoms with Gasteiger partial charge in [0.25, 0.3) is 0 Å². The summed E-state index contributed by atoms with van der Waals surface area (Å²) in [5.74, 6) is -0.228. The van der Waals surface area contributed by atoms with Crippen LogP contribution in [0.1, 0.15) is 66.4 Å². The molecule has 0 aliphatic heterocycles. The number of rotatable bonds is 13. The molecule has 0 fully saturated rings. The highest BCUT2D eigenvalue weighted by molar-refractivity contribution is 7.22. The number of esters is 1. The Morgan fingerprint density at radius 2 is 1.61 bits per heavy atom. The maximum atomic E-state index is 13.8. The van der Waals surface area contributed by atoms with Crippen LogP contribution in [0.3, 0.4) is 0 Å². The third-order valence-corrected chi connectivity index (χ3v) is 8.64. The molecule has 0 aliphatic carbocycles. The van der Waals surface area contributed by atoms with Crippen LogP contribution in [0.15, 0.2) is 42.5 Å². The number of aliphatic hydroxyl groups is 2. The summed E-state index contributed by atoms with van der Waals surface area (Å²) in [6.45, 7) is 12.2. The van der Waals surface area contributed by atoms with E-state index in [9.17, 15) is 28.2 Å². The van der Waals surface area contributed by atoms with E-state index in [-0.39, 0.29) is 59.8 Å². The molecule has 1 aromatic heterocycles. The highest BCUT2D eigenvalue weighted by atomic mass is 32.1. The van der Waals surface area contributed by atoms with Gasteiger partial charge in [-0.05, 0) is 77.9 Å². The van der Waals surface area contributed by atoms with Gasteiger partial charge in [-0.3, -0.25) is 4.79 Å². The minimum atomic E-state index is -4.54. The number of ether oxygens (including phenoxy) is 3. The summed E-state index contributed by atoms with van der Waals surface area (Å²) in [4.78, 5) is 13.3. The van der Waals surface area contributed by atoms with Crippen LogP contribution in [-0.4, -0.2) is 49.2 Å². The quantitative estimate of drug-likeness (QED) is 0.183. The van der Waals surface area contributed by atoms with Gasteiger partial charge in [-0.15, -0.1) is 11.3 Å². The molecule has 3 unspecified atom stereocenters. The number of halogens is 3. The van der Waals surface area contributed by atoms with Gasteiger partial charge in [0, 0.05) is 27.7 Å². The monoisotopic (exact) mass is 638 g/mol. The molecule has 0 amide bonds. The van der Waals surface area contributed by atoms with Crippen molar-refractivity contribution in [3.8, 4) is 21.9 Å². The van der Waals surface area contributed by atoms with Gasteiger partial charge in [-0.1, -0.05) is 41.5 Å². The number of thiophene rings is 1. The second-order valence-corrected chi connectivity index (χ2v) is 14.7. The first kappa shape index (κ1) is 35.7. The average molecular weight is 639 g/mol. The van der Waals surface area contributed by atoms with Gasteiger partial charge >= 0.3 is 12.1 Å².